The Bertz CT molecular complexity index is 1150. The lowest BCUT2D eigenvalue weighted by Crippen LogP contribution is -2.60. The second kappa shape index (κ2) is 9.02. The first kappa shape index (κ1) is 30.0. The zero-order valence-corrected chi connectivity index (χ0v) is 26.6. The lowest BCUT2D eigenvalue weighted by molar-refractivity contribution is -0.189. The molecule has 0 bridgehead atoms. The first-order valence-corrected chi connectivity index (χ1v) is 15.8. The van der Waals surface area contributed by atoms with Gasteiger partial charge in [0.1, 0.15) is 0 Å². The summed E-state index contributed by atoms with van der Waals surface area (Å²) in [4.78, 5) is 0. The molecular formula is C33H53NO7. The third-order valence-corrected chi connectivity index (χ3v) is 12.1. The molecule has 0 aromatic rings. The summed E-state index contributed by atoms with van der Waals surface area (Å²) in [6.45, 7) is 18.3. The van der Waals surface area contributed by atoms with Gasteiger partial charge in [0, 0.05) is 17.3 Å². The molecule has 4 N–H and O–H groups in total. The molecule has 2 saturated heterocycles. The highest BCUT2D eigenvalue weighted by Gasteiger charge is 2.71. The molecule has 232 valence electrons. The molecule has 41 heavy (non-hydrogen) atoms. The maximum atomic E-state index is 12.9. The summed E-state index contributed by atoms with van der Waals surface area (Å²) in [7, 11) is 0. The number of hydrogen-bond acceptors (Lipinski definition) is 8. The Morgan fingerprint density at radius 2 is 1.63 bits per heavy atom. The standard InChI is InChI=1S/C33H53NO7/c1-27(2,35)13-12-26-32(9,41-29(5,6)40-26)25-11-15-33(36)20-16-22(34-37)21-17-23-24(39-28(3,4)38-23)18-30(21,7)19(20)10-14-31(25,33)8/h16,19,23-26,34-37H,10-15,17-18H2,1-9H3/t19-,23+,24-,25+,26+,30+,31-,32+,33-/m1/s1. The first-order valence-electron chi connectivity index (χ1n) is 15.8. The smallest absolute Gasteiger partial charge is 0.164 e. The van der Waals surface area contributed by atoms with Crippen LogP contribution in [0.5, 0.6) is 0 Å². The van der Waals surface area contributed by atoms with Crippen molar-refractivity contribution in [3.05, 3.63) is 22.9 Å². The molecule has 0 aromatic carbocycles. The fraction of sp³-hybridized carbons (Fsp3) is 0.879. The van der Waals surface area contributed by atoms with Crippen molar-refractivity contribution in [2.75, 3.05) is 0 Å². The number of nitrogens with one attached hydrogen (secondary N) is 1. The number of ether oxygens (including phenoxy) is 4. The molecule has 0 spiro atoms. The van der Waals surface area contributed by atoms with Crippen LogP contribution in [0, 0.1) is 22.7 Å². The van der Waals surface area contributed by atoms with E-state index in [0.29, 0.717) is 31.4 Å². The third-order valence-electron chi connectivity index (χ3n) is 12.1. The molecule has 2 heterocycles. The highest BCUT2D eigenvalue weighted by atomic mass is 16.8. The van der Waals surface area contributed by atoms with Crippen LogP contribution in [0.15, 0.2) is 22.9 Å². The van der Waals surface area contributed by atoms with Gasteiger partial charge in [0.15, 0.2) is 11.6 Å². The molecule has 9 atom stereocenters. The van der Waals surface area contributed by atoms with Gasteiger partial charge in [0.25, 0.3) is 0 Å². The molecule has 3 saturated carbocycles. The molecule has 0 radical (unpaired) electrons. The van der Waals surface area contributed by atoms with E-state index >= 15 is 0 Å². The zero-order chi connectivity index (χ0) is 30.0. The van der Waals surface area contributed by atoms with Gasteiger partial charge in [0.2, 0.25) is 0 Å². The normalized spacial score (nSPS) is 48.3. The molecule has 0 amide bonds. The maximum absolute atomic E-state index is 12.9. The van der Waals surface area contributed by atoms with E-state index in [2.05, 4.69) is 26.3 Å². The van der Waals surface area contributed by atoms with Crippen LogP contribution in [0.25, 0.3) is 0 Å². The van der Waals surface area contributed by atoms with Crippen molar-refractivity contribution in [1.82, 2.24) is 5.48 Å². The van der Waals surface area contributed by atoms with Crippen molar-refractivity contribution in [3.8, 4) is 0 Å². The Balaban J connectivity index is 1.36. The maximum Gasteiger partial charge on any atom is 0.164 e. The Morgan fingerprint density at radius 1 is 0.951 bits per heavy atom. The van der Waals surface area contributed by atoms with E-state index in [1.807, 2.05) is 47.6 Å². The largest absolute Gasteiger partial charge is 0.390 e. The van der Waals surface area contributed by atoms with E-state index in [-0.39, 0.29) is 35.6 Å². The molecule has 0 aromatic heterocycles. The zero-order valence-electron chi connectivity index (χ0n) is 26.6. The minimum atomic E-state index is -1.04. The summed E-state index contributed by atoms with van der Waals surface area (Å²) in [6.07, 6.45) is 7.85. The monoisotopic (exact) mass is 575 g/mol. The van der Waals surface area contributed by atoms with Gasteiger partial charge < -0.3 is 29.2 Å². The van der Waals surface area contributed by atoms with Gasteiger partial charge in [-0.3, -0.25) is 10.7 Å². The molecule has 2 aliphatic heterocycles. The fourth-order valence-electron chi connectivity index (χ4n) is 10.3. The Kier molecular flexibility index (Phi) is 6.61. The van der Waals surface area contributed by atoms with Crippen LogP contribution in [0.1, 0.15) is 114 Å². The van der Waals surface area contributed by atoms with Crippen LogP contribution < -0.4 is 5.48 Å². The highest BCUT2D eigenvalue weighted by Crippen LogP contribution is 2.70. The van der Waals surface area contributed by atoms with E-state index < -0.39 is 33.8 Å². The SMILES string of the molecule is CC(C)(O)CC[C@@H]1OC(C)(C)O[C@@]1(C)[C@H]1CC[C@@]2(O)C3=CC(NO)=C4C[C@@H]5OC(C)(C)O[C@@H]5C[C@@]4(C)[C@@H]3CC[C@]12C. The predicted molar refractivity (Wildman–Crippen MR) is 154 cm³/mol. The summed E-state index contributed by atoms with van der Waals surface area (Å²) >= 11 is 0. The van der Waals surface area contributed by atoms with Crippen molar-refractivity contribution in [2.45, 2.75) is 160 Å². The van der Waals surface area contributed by atoms with Gasteiger partial charge in [-0.05, 0) is 122 Å². The molecule has 8 heteroatoms. The van der Waals surface area contributed by atoms with E-state index in [1.165, 1.54) is 5.57 Å². The van der Waals surface area contributed by atoms with Crippen LogP contribution in [0.3, 0.4) is 0 Å². The van der Waals surface area contributed by atoms with Crippen LogP contribution in [0.4, 0.5) is 0 Å². The number of hydrogen-bond donors (Lipinski definition) is 4. The molecular weight excluding hydrogens is 522 g/mol. The average molecular weight is 576 g/mol. The van der Waals surface area contributed by atoms with E-state index in [9.17, 15) is 15.4 Å². The lowest BCUT2D eigenvalue weighted by atomic mass is 9.47. The summed E-state index contributed by atoms with van der Waals surface area (Å²) < 4.78 is 25.9. The third kappa shape index (κ3) is 4.41. The number of fused-ring (bicyclic) bond motifs is 6. The Labute approximate surface area is 245 Å². The van der Waals surface area contributed by atoms with Crippen molar-refractivity contribution in [3.63, 3.8) is 0 Å². The van der Waals surface area contributed by atoms with Gasteiger partial charge in [-0.1, -0.05) is 13.8 Å². The molecule has 6 aliphatic rings. The predicted octanol–water partition coefficient (Wildman–Crippen LogP) is 5.50. The number of rotatable bonds is 5. The number of aliphatic hydroxyl groups is 2. The van der Waals surface area contributed by atoms with Gasteiger partial charge in [0.05, 0.1) is 40.8 Å². The average Bonchev–Trinajstić information content (AvgIpc) is 3.38. The van der Waals surface area contributed by atoms with Crippen molar-refractivity contribution in [2.24, 2.45) is 22.7 Å². The van der Waals surface area contributed by atoms with E-state index in [1.54, 1.807) is 0 Å². The minimum Gasteiger partial charge on any atom is -0.390 e. The fourth-order valence-corrected chi connectivity index (χ4v) is 10.3. The summed E-state index contributed by atoms with van der Waals surface area (Å²) in [5.74, 6) is -1.16. The Morgan fingerprint density at radius 3 is 2.29 bits per heavy atom. The molecule has 5 fully saturated rings. The lowest BCUT2D eigenvalue weighted by Gasteiger charge is -2.59. The van der Waals surface area contributed by atoms with E-state index in [0.717, 1.165) is 31.3 Å². The van der Waals surface area contributed by atoms with Gasteiger partial charge in [-0.25, -0.2) is 0 Å². The molecule has 4 aliphatic carbocycles. The first-order chi connectivity index (χ1) is 18.8. The molecule has 0 unspecified atom stereocenters. The van der Waals surface area contributed by atoms with E-state index in [4.69, 9.17) is 18.9 Å². The van der Waals surface area contributed by atoms with Crippen molar-refractivity contribution >= 4 is 0 Å². The number of allylic oxidation sites excluding steroid dienone is 1. The second-order valence-corrected chi connectivity index (χ2v) is 16.2. The second-order valence-electron chi connectivity index (χ2n) is 16.2. The highest BCUT2D eigenvalue weighted by molar-refractivity contribution is 5.47. The van der Waals surface area contributed by atoms with Gasteiger partial charge in [-0.2, -0.15) is 0 Å². The van der Waals surface area contributed by atoms with Crippen LogP contribution in [-0.2, 0) is 18.9 Å². The summed E-state index contributed by atoms with van der Waals surface area (Å²) in [5, 5.41) is 33.8. The van der Waals surface area contributed by atoms with Crippen molar-refractivity contribution < 1.29 is 34.4 Å². The van der Waals surface area contributed by atoms with Gasteiger partial charge >= 0.3 is 0 Å². The molecule has 6 rings (SSSR count). The van der Waals surface area contributed by atoms with Crippen LogP contribution in [0.2, 0.25) is 0 Å². The Hall–Kier alpha value is -1.00. The number of hydroxylamine groups is 1. The van der Waals surface area contributed by atoms with Gasteiger partial charge in [-0.15, -0.1) is 0 Å². The molecule has 8 nitrogen and oxygen atoms in total. The van der Waals surface area contributed by atoms with Crippen LogP contribution in [-0.4, -0.2) is 62.1 Å². The quantitative estimate of drug-likeness (QED) is 0.318. The summed E-state index contributed by atoms with van der Waals surface area (Å²) in [5.41, 5.74) is 2.27. The van der Waals surface area contributed by atoms with Crippen molar-refractivity contribution in [1.29, 1.82) is 0 Å². The summed E-state index contributed by atoms with van der Waals surface area (Å²) in [6, 6.07) is 0. The van der Waals surface area contributed by atoms with Crippen LogP contribution >= 0.6 is 0 Å². The topological polar surface area (TPSA) is 110 Å². The minimum absolute atomic E-state index is 0.0148.